The molecular formula is C6H6N4. The second-order valence-electron chi connectivity index (χ2n) is 1.69. The van der Waals surface area contributed by atoms with Gasteiger partial charge in [0.05, 0.1) is 6.54 Å². The molecule has 4 heteroatoms. The quantitative estimate of drug-likeness (QED) is 0.548. The maximum atomic E-state index is 8.30. The van der Waals surface area contributed by atoms with Crippen molar-refractivity contribution in [3.05, 3.63) is 24.8 Å². The van der Waals surface area contributed by atoms with Gasteiger partial charge in [-0.3, -0.25) is 0 Å². The third-order valence-electron chi connectivity index (χ3n) is 0.953. The normalized spacial score (nSPS) is 8.70. The van der Waals surface area contributed by atoms with Crippen LogP contribution in [0.3, 0.4) is 0 Å². The van der Waals surface area contributed by atoms with Gasteiger partial charge in [-0.1, -0.05) is 6.08 Å². The maximum absolute atomic E-state index is 8.30. The summed E-state index contributed by atoms with van der Waals surface area (Å²) in [7, 11) is 0. The molecular weight excluding hydrogens is 128 g/mol. The highest BCUT2D eigenvalue weighted by molar-refractivity contribution is 5.05. The van der Waals surface area contributed by atoms with E-state index in [0.29, 0.717) is 6.54 Å². The van der Waals surface area contributed by atoms with E-state index in [4.69, 9.17) is 5.26 Å². The van der Waals surface area contributed by atoms with E-state index < -0.39 is 0 Å². The average molecular weight is 134 g/mol. The first kappa shape index (κ1) is 6.49. The Morgan fingerprint density at radius 1 is 1.90 bits per heavy atom. The number of allylic oxidation sites excluding steroid dienone is 1. The minimum Gasteiger partial charge on any atom is -0.248 e. The standard InChI is InChI=1S/C6H6N4/c1-2-3-10-5-8-6(4-7)9-10/h2,5H,1,3H2. The SMILES string of the molecule is C=CCn1cnc(C#N)n1. The molecule has 1 rings (SSSR count). The molecule has 0 amide bonds. The van der Waals surface area contributed by atoms with Crippen molar-refractivity contribution >= 4 is 0 Å². The Balaban J connectivity index is 2.80. The van der Waals surface area contributed by atoms with Gasteiger partial charge in [-0.2, -0.15) is 5.26 Å². The minimum absolute atomic E-state index is 0.196. The molecule has 0 aromatic carbocycles. The maximum Gasteiger partial charge on any atom is 0.252 e. The van der Waals surface area contributed by atoms with Gasteiger partial charge in [0.1, 0.15) is 12.4 Å². The van der Waals surface area contributed by atoms with Crippen LogP contribution in [0.2, 0.25) is 0 Å². The van der Waals surface area contributed by atoms with Crippen LogP contribution in [0, 0.1) is 11.3 Å². The molecule has 1 aromatic heterocycles. The van der Waals surface area contributed by atoms with Gasteiger partial charge in [-0.15, -0.1) is 11.7 Å². The van der Waals surface area contributed by atoms with Crippen LogP contribution in [-0.4, -0.2) is 14.8 Å². The van der Waals surface area contributed by atoms with Crippen LogP contribution in [0.25, 0.3) is 0 Å². The summed E-state index contributed by atoms with van der Waals surface area (Å²) in [5, 5.41) is 12.1. The molecule has 0 atom stereocenters. The fourth-order valence-electron chi connectivity index (χ4n) is 0.566. The molecule has 0 aliphatic heterocycles. The van der Waals surface area contributed by atoms with Crippen LogP contribution in [0.4, 0.5) is 0 Å². The molecule has 0 spiro atoms. The number of aromatic nitrogens is 3. The van der Waals surface area contributed by atoms with Crippen molar-refractivity contribution in [1.82, 2.24) is 14.8 Å². The smallest absolute Gasteiger partial charge is 0.248 e. The highest BCUT2D eigenvalue weighted by Crippen LogP contribution is 1.86. The predicted molar refractivity (Wildman–Crippen MR) is 34.9 cm³/mol. The molecule has 0 saturated heterocycles. The van der Waals surface area contributed by atoms with E-state index >= 15 is 0 Å². The van der Waals surface area contributed by atoms with Gasteiger partial charge in [0.2, 0.25) is 0 Å². The summed E-state index contributed by atoms with van der Waals surface area (Å²) >= 11 is 0. The second-order valence-corrected chi connectivity index (χ2v) is 1.69. The molecule has 50 valence electrons. The molecule has 4 nitrogen and oxygen atoms in total. The van der Waals surface area contributed by atoms with Crippen molar-refractivity contribution in [3.8, 4) is 6.07 Å². The molecule has 0 aliphatic rings. The molecule has 10 heavy (non-hydrogen) atoms. The summed E-state index contributed by atoms with van der Waals surface area (Å²) in [6.45, 7) is 4.11. The van der Waals surface area contributed by atoms with Gasteiger partial charge in [-0.05, 0) is 0 Å². The van der Waals surface area contributed by atoms with Gasteiger partial charge in [-0.25, -0.2) is 9.67 Å². The lowest BCUT2D eigenvalue weighted by atomic mass is 10.6. The van der Waals surface area contributed by atoms with E-state index in [0.717, 1.165) is 0 Å². The third-order valence-corrected chi connectivity index (χ3v) is 0.953. The molecule has 0 saturated carbocycles. The Morgan fingerprint density at radius 3 is 3.20 bits per heavy atom. The predicted octanol–water partition coefficient (Wildman–Crippen LogP) is 0.336. The summed E-state index contributed by atoms with van der Waals surface area (Å²) in [6, 6.07) is 1.83. The lowest BCUT2D eigenvalue weighted by molar-refractivity contribution is 0.698. The molecule has 0 N–H and O–H groups in total. The Hall–Kier alpha value is -1.63. The Morgan fingerprint density at radius 2 is 2.70 bits per heavy atom. The summed E-state index contributed by atoms with van der Waals surface area (Å²) in [5.74, 6) is 0.196. The second kappa shape index (κ2) is 2.78. The van der Waals surface area contributed by atoms with E-state index in [1.165, 1.54) is 6.33 Å². The van der Waals surface area contributed by atoms with E-state index in [2.05, 4.69) is 16.7 Å². The number of nitriles is 1. The summed E-state index contributed by atoms with van der Waals surface area (Å²) in [5.41, 5.74) is 0. The van der Waals surface area contributed by atoms with Crippen LogP contribution in [0.5, 0.6) is 0 Å². The number of hydrogen-bond donors (Lipinski definition) is 0. The summed E-state index contributed by atoms with van der Waals surface area (Å²) in [4.78, 5) is 3.70. The van der Waals surface area contributed by atoms with Crippen molar-refractivity contribution in [2.45, 2.75) is 6.54 Å². The highest BCUT2D eigenvalue weighted by atomic mass is 15.3. The zero-order chi connectivity index (χ0) is 7.40. The molecule has 0 radical (unpaired) electrons. The van der Waals surface area contributed by atoms with Crippen LogP contribution in [0.15, 0.2) is 19.0 Å². The van der Waals surface area contributed by atoms with Gasteiger partial charge in [0.15, 0.2) is 0 Å². The zero-order valence-electron chi connectivity index (χ0n) is 5.36. The third kappa shape index (κ3) is 1.20. The summed E-state index contributed by atoms with van der Waals surface area (Å²) < 4.78 is 1.55. The van der Waals surface area contributed by atoms with Gasteiger partial charge in [0, 0.05) is 0 Å². The van der Waals surface area contributed by atoms with Crippen molar-refractivity contribution < 1.29 is 0 Å². The van der Waals surface area contributed by atoms with Gasteiger partial charge in [0.25, 0.3) is 5.82 Å². The van der Waals surface area contributed by atoms with Crippen LogP contribution >= 0.6 is 0 Å². The van der Waals surface area contributed by atoms with Crippen molar-refractivity contribution in [2.24, 2.45) is 0 Å². The van der Waals surface area contributed by atoms with Crippen molar-refractivity contribution in [3.63, 3.8) is 0 Å². The molecule has 0 aliphatic carbocycles. The Bertz CT molecular complexity index is 268. The number of rotatable bonds is 2. The fraction of sp³-hybridized carbons (Fsp3) is 0.167. The molecule has 0 fully saturated rings. The van der Waals surface area contributed by atoms with Crippen molar-refractivity contribution in [1.29, 1.82) is 5.26 Å². The minimum atomic E-state index is 0.196. The topological polar surface area (TPSA) is 54.5 Å². The molecule has 1 heterocycles. The van der Waals surface area contributed by atoms with E-state index in [9.17, 15) is 0 Å². The van der Waals surface area contributed by atoms with E-state index in [-0.39, 0.29) is 5.82 Å². The number of nitrogens with zero attached hydrogens (tertiary/aromatic N) is 4. The van der Waals surface area contributed by atoms with E-state index in [1.54, 1.807) is 10.8 Å². The lowest BCUT2D eigenvalue weighted by Crippen LogP contribution is -1.94. The molecule has 1 aromatic rings. The average Bonchev–Trinajstić information content (AvgIpc) is 2.37. The van der Waals surface area contributed by atoms with E-state index in [1.807, 2.05) is 6.07 Å². The first-order valence-corrected chi connectivity index (χ1v) is 2.77. The summed E-state index contributed by atoms with van der Waals surface area (Å²) in [6.07, 6.45) is 3.19. The lowest BCUT2D eigenvalue weighted by Gasteiger charge is -1.88. The largest absolute Gasteiger partial charge is 0.252 e. The van der Waals surface area contributed by atoms with Crippen LogP contribution < -0.4 is 0 Å². The van der Waals surface area contributed by atoms with Crippen LogP contribution in [0.1, 0.15) is 5.82 Å². The Kier molecular flexibility index (Phi) is 1.80. The zero-order valence-corrected chi connectivity index (χ0v) is 5.36. The fourth-order valence-corrected chi connectivity index (χ4v) is 0.566. The first-order valence-electron chi connectivity index (χ1n) is 2.77. The monoisotopic (exact) mass is 134 g/mol. The number of hydrogen-bond acceptors (Lipinski definition) is 3. The van der Waals surface area contributed by atoms with Gasteiger partial charge < -0.3 is 0 Å². The first-order chi connectivity index (χ1) is 4.86. The molecule has 0 bridgehead atoms. The van der Waals surface area contributed by atoms with Crippen LogP contribution in [-0.2, 0) is 6.54 Å². The Labute approximate surface area is 58.4 Å². The van der Waals surface area contributed by atoms with Crippen molar-refractivity contribution in [2.75, 3.05) is 0 Å². The van der Waals surface area contributed by atoms with Gasteiger partial charge >= 0.3 is 0 Å². The highest BCUT2D eigenvalue weighted by Gasteiger charge is 1.94. The molecule has 0 unspecified atom stereocenters.